The third kappa shape index (κ3) is 4.79. The minimum absolute atomic E-state index is 0.148. The zero-order valence-electron chi connectivity index (χ0n) is 12.7. The second-order valence-corrected chi connectivity index (χ2v) is 7.41. The second-order valence-electron chi connectivity index (χ2n) is 6.53. The molecule has 0 saturated heterocycles. The maximum atomic E-state index is 11.3. The van der Waals surface area contributed by atoms with Gasteiger partial charge in [-0.3, -0.25) is 4.79 Å². The lowest BCUT2D eigenvalue weighted by Gasteiger charge is -2.21. The smallest absolute Gasteiger partial charge is 0.320 e. The average molecular weight is 306 g/mol. The zero-order valence-corrected chi connectivity index (χ0v) is 13.5. The van der Waals surface area contributed by atoms with Gasteiger partial charge in [-0.1, -0.05) is 26.8 Å². The summed E-state index contributed by atoms with van der Waals surface area (Å²) in [6.07, 6.45) is 1.51. The summed E-state index contributed by atoms with van der Waals surface area (Å²) in [7, 11) is 0. The number of nitrogens with one attached hydrogen (secondary N) is 1. The first kappa shape index (κ1) is 15.9. The molecule has 2 aromatic rings. The van der Waals surface area contributed by atoms with Gasteiger partial charge in [-0.15, -0.1) is 11.3 Å². The predicted molar refractivity (Wildman–Crippen MR) is 86.6 cm³/mol. The Morgan fingerprint density at radius 3 is 2.86 bits per heavy atom. The number of carboxylic acids is 1. The highest BCUT2D eigenvalue weighted by Gasteiger charge is 2.20. The van der Waals surface area contributed by atoms with Crippen molar-refractivity contribution in [1.82, 2.24) is 10.3 Å². The summed E-state index contributed by atoms with van der Waals surface area (Å²) in [6, 6.07) is 5.57. The number of aromatic nitrogens is 1. The van der Waals surface area contributed by atoms with Gasteiger partial charge in [0.15, 0.2) is 0 Å². The van der Waals surface area contributed by atoms with Gasteiger partial charge in [0.25, 0.3) is 0 Å². The molecular formula is C16H22N2O2S. The number of benzene rings is 1. The summed E-state index contributed by atoms with van der Waals surface area (Å²) in [5.74, 6) is -0.783. The molecule has 2 N–H and O–H groups in total. The van der Waals surface area contributed by atoms with E-state index in [1.54, 1.807) is 11.3 Å². The Morgan fingerprint density at radius 2 is 2.19 bits per heavy atom. The summed E-state index contributed by atoms with van der Waals surface area (Å²) in [5.41, 5.74) is 4.01. The maximum absolute atomic E-state index is 11.3. The van der Waals surface area contributed by atoms with Crippen LogP contribution in [0.5, 0.6) is 0 Å². The van der Waals surface area contributed by atoms with Crippen LogP contribution in [0.15, 0.2) is 23.7 Å². The molecule has 5 heteroatoms. The van der Waals surface area contributed by atoms with E-state index >= 15 is 0 Å². The van der Waals surface area contributed by atoms with Crippen LogP contribution in [-0.4, -0.2) is 22.1 Å². The summed E-state index contributed by atoms with van der Waals surface area (Å²) in [4.78, 5) is 15.6. The van der Waals surface area contributed by atoms with E-state index in [2.05, 4.69) is 31.1 Å². The van der Waals surface area contributed by atoms with E-state index < -0.39 is 12.0 Å². The summed E-state index contributed by atoms with van der Waals surface area (Å²) in [5, 5.41) is 12.5. The molecule has 1 aromatic carbocycles. The number of hydrogen-bond donors (Lipinski definition) is 2. The van der Waals surface area contributed by atoms with Gasteiger partial charge in [0.1, 0.15) is 6.04 Å². The van der Waals surface area contributed by atoms with Crippen LogP contribution in [-0.2, 0) is 11.3 Å². The van der Waals surface area contributed by atoms with E-state index in [9.17, 15) is 9.90 Å². The molecule has 0 bridgehead atoms. The van der Waals surface area contributed by atoms with Gasteiger partial charge in [0.2, 0.25) is 0 Å². The van der Waals surface area contributed by atoms with Gasteiger partial charge in [0.05, 0.1) is 15.7 Å². The zero-order chi connectivity index (χ0) is 15.5. The van der Waals surface area contributed by atoms with Crippen LogP contribution >= 0.6 is 11.3 Å². The Labute approximate surface area is 129 Å². The SMILES string of the molecule is CC(C)(C)CC[C@H](NCc1ccc2scnc2c1)C(=O)O. The molecule has 0 aliphatic carbocycles. The molecule has 114 valence electrons. The number of hydrogen-bond acceptors (Lipinski definition) is 4. The fourth-order valence-corrected chi connectivity index (χ4v) is 2.80. The molecule has 21 heavy (non-hydrogen) atoms. The minimum Gasteiger partial charge on any atom is -0.480 e. The summed E-state index contributed by atoms with van der Waals surface area (Å²) in [6.45, 7) is 6.93. The van der Waals surface area contributed by atoms with Crippen molar-refractivity contribution in [3.05, 3.63) is 29.3 Å². The monoisotopic (exact) mass is 306 g/mol. The minimum atomic E-state index is -0.783. The highest BCUT2D eigenvalue weighted by atomic mass is 32.1. The van der Waals surface area contributed by atoms with E-state index in [1.807, 2.05) is 23.7 Å². The van der Waals surface area contributed by atoms with Crippen LogP contribution in [0.25, 0.3) is 10.2 Å². The topological polar surface area (TPSA) is 62.2 Å². The normalized spacial score (nSPS) is 13.5. The Hall–Kier alpha value is -1.46. The van der Waals surface area contributed by atoms with Crippen molar-refractivity contribution in [3.63, 3.8) is 0 Å². The lowest BCUT2D eigenvalue weighted by Crippen LogP contribution is -2.37. The van der Waals surface area contributed by atoms with Crippen LogP contribution in [0.2, 0.25) is 0 Å². The molecule has 0 unspecified atom stereocenters. The van der Waals surface area contributed by atoms with Gasteiger partial charge >= 0.3 is 5.97 Å². The molecular weight excluding hydrogens is 284 g/mol. The molecule has 1 atom stereocenters. The fourth-order valence-electron chi connectivity index (χ4n) is 2.14. The van der Waals surface area contributed by atoms with Crippen LogP contribution < -0.4 is 5.32 Å². The van der Waals surface area contributed by atoms with E-state index in [-0.39, 0.29) is 5.41 Å². The van der Waals surface area contributed by atoms with Crippen molar-refractivity contribution < 1.29 is 9.90 Å². The van der Waals surface area contributed by atoms with Crippen molar-refractivity contribution >= 4 is 27.5 Å². The third-order valence-electron chi connectivity index (χ3n) is 3.43. The number of carboxylic acid groups (broad SMARTS) is 1. The molecule has 0 saturated carbocycles. The van der Waals surface area contributed by atoms with E-state index in [1.165, 1.54) is 0 Å². The van der Waals surface area contributed by atoms with Crippen molar-refractivity contribution in [3.8, 4) is 0 Å². The summed E-state index contributed by atoms with van der Waals surface area (Å²) >= 11 is 1.61. The number of nitrogens with zero attached hydrogens (tertiary/aromatic N) is 1. The molecule has 1 aromatic heterocycles. The van der Waals surface area contributed by atoms with Gasteiger partial charge in [-0.25, -0.2) is 4.98 Å². The molecule has 0 radical (unpaired) electrons. The highest BCUT2D eigenvalue weighted by molar-refractivity contribution is 7.16. The fraction of sp³-hybridized carbons (Fsp3) is 0.500. The number of fused-ring (bicyclic) bond motifs is 1. The van der Waals surface area contributed by atoms with Crippen molar-refractivity contribution in [2.24, 2.45) is 5.41 Å². The van der Waals surface area contributed by atoms with Gasteiger partial charge in [-0.05, 0) is 36.0 Å². The first-order valence-corrected chi connectivity index (χ1v) is 8.01. The maximum Gasteiger partial charge on any atom is 0.320 e. The molecule has 0 aliphatic heterocycles. The van der Waals surface area contributed by atoms with Gasteiger partial charge in [-0.2, -0.15) is 0 Å². The van der Waals surface area contributed by atoms with Crippen molar-refractivity contribution in [2.45, 2.75) is 46.2 Å². The van der Waals surface area contributed by atoms with Crippen LogP contribution in [0.3, 0.4) is 0 Å². The summed E-state index contributed by atoms with van der Waals surface area (Å²) < 4.78 is 1.15. The first-order chi connectivity index (χ1) is 9.85. The largest absolute Gasteiger partial charge is 0.480 e. The van der Waals surface area contributed by atoms with Crippen LogP contribution in [0.4, 0.5) is 0 Å². The van der Waals surface area contributed by atoms with Crippen molar-refractivity contribution in [1.29, 1.82) is 0 Å². The van der Waals surface area contributed by atoms with Crippen LogP contribution in [0, 0.1) is 5.41 Å². The molecule has 0 spiro atoms. The molecule has 1 heterocycles. The first-order valence-electron chi connectivity index (χ1n) is 7.13. The molecule has 0 aliphatic rings. The Balaban J connectivity index is 1.95. The number of aliphatic carboxylic acids is 1. The standard InChI is InChI=1S/C16H22N2O2S/c1-16(2,3)7-6-12(15(19)20)17-9-11-4-5-14-13(8-11)18-10-21-14/h4-5,8,10,12,17H,6-7,9H2,1-3H3,(H,19,20)/t12-/m0/s1. The number of rotatable bonds is 6. The quantitative estimate of drug-likeness (QED) is 0.855. The van der Waals surface area contributed by atoms with Gasteiger partial charge < -0.3 is 10.4 Å². The van der Waals surface area contributed by atoms with E-state index in [0.717, 1.165) is 22.2 Å². The Morgan fingerprint density at radius 1 is 1.43 bits per heavy atom. The predicted octanol–water partition coefficient (Wildman–Crippen LogP) is 3.67. The lowest BCUT2D eigenvalue weighted by molar-refractivity contribution is -0.139. The van der Waals surface area contributed by atoms with Gasteiger partial charge in [0, 0.05) is 6.54 Å². The molecule has 0 amide bonds. The highest BCUT2D eigenvalue weighted by Crippen LogP contribution is 2.22. The van der Waals surface area contributed by atoms with E-state index in [4.69, 9.17) is 0 Å². The van der Waals surface area contributed by atoms with Crippen LogP contribution in [0.1, 0.15) is 39.2 Å². The molecule has 0 fully saturated rings. The van der Waals surface area contributed by atoms with E-state index in [0.29, 0.717) is 13.0 Å². The second kappa shape index (κ2) is 6.54. The van der Waals surface area contributed by atoms with Crippen molar-refractivity contribution in [2.75, 3.05) is 0 Å². The lowest BCUT2D eigenvalue weighted by atomic mass is 9.88. The number of thiazole rings is 1. The number of carbonyl (C=O) groups is 1. The molecule has 2 rings (SSSR count). The molecule has 4 nitrogen and oxygen atoms in total. The average Bonchev–Trinajstić information content (AvgIpc) is 2.84. The Kier molecular flexibility index (Phi) is 4.96. The Bertz CT molecular complexity index is 616. The third-order valence-corrected chi connectivity index (χ3v) is 4.24.